The molecule has 1 rings (SSSR count). The minimum absolute atomic E-state index is 0.352. The molecular weight excluding hydrogens is 307 g/mol. The van der Waals surface area contributed by atoms with Crippen molar-refractivity contribution >= 4 is 43.1 Å². The van der Waals surface area contributed by atoms with E-state index in [2.05, 4.69) is 31.8 Å². The van der Waals surface area contributed by atoms with E-state index in [0.717, 1.165) is 6.42 Å². The van der Waals surface area contributed by atoms with Crippen molar-refractivity contribution in [3.8, 4) is 0 Å². The van der Waals surface area contributed by atoms with Gasteiger partial charge in [0.05, 0.1) is 6.10 Å². The Labute approximate surface area is 126 Å². The standard InChI is InChI=1S/C13H19Cl3OSi/c1-18(2,3)17-12(13(14,15)16)10-9-11-7-5-4-6-8-11/h4-8,12H,9-10H2,1-3H3. The first kappa shape index (κ1) is 16.3. The van der Waals surface area contributed by atoms with Crippen LogP contribution in [0.3, 0.4) is 0 Å². The zero-order chi connectivity index (χ0) is 13.8. The molecule has 0 saturated heterocycles. The molecule has 0 N–H and O–H groups in total. The summed E-state index contributed by atoms with van der Waals surface area (Å²) in [5, 5.41) is 0. The van der Waals surface area contributed by atoms with Crippen molar-refractivity contribution in [3.05, 3.63) is 35.9 Å². The Morgan fingerprint density at radius 2 is 1.67 bits per heavy atom. The van der Waals surface area contributed by atoms with Crippen molar-refractivity contribution in [3.63, 3.8) is 0 Å². The number of alkyl halides is 3. The van der Waals surface area contributed by atoms with E-state index in [0.29, 0.717) is 6.42 Å². The van der Waals surface area contributed by atoms with Crippen molar-refractivity contribution in [1.82, 2.24) is 0 Å². The lowest BCUT2D eigenvalue weighted by atomic mass is 10.1. The van der Waals surface area contributed by atoms with Crippen LogP contribution in [0.5, 0.6) is 0 Å². The highest BCUT2D eigenvalue weighted by Gasteiger charge is 2.36. The largest absolute Gasteiger partial charge is 0.410 e. The summed E-state index contributed by atoms with van der Waals surface area (Å²) in [7, 11) is -1.72. The Morgan fingerprint density at radius 3 is 2.11 bits per heavy atom. The molecule has 1 atom stereocenters. The number of aryl methyl sites for hydroxylation is 1. The minimum atomic E-state index is -1.72. The summed E-state index contributed by atoms with van der Waals surface area (Å²) < 4.78 is 4.60. The summed E-state index contributed by atoms with van der Waals surface area (Å²) in [4.78, 5) is 0. The Kier molecular flexibility index (Phi) is 6.00. The zero-order valence-corrected chi connectivity index (χ0v) is 14.2. The van der Waals surface area contributed by atoms with Crippen LogP contribution in [-0.2, 0) is 10.8 Å². The summed E-state index contributed by atoms with van der Waals surface area (Å²) in [6.45, 7) is 6.29. The van der Waals surface area contributed by atoms with Gasteiger partial charge < -0.3 is 4.43 Å². The van der Waals surface area contributed by atoms with Crippen LogP contribution in [0.2, 0.25) is 19.6 Å². The summed E-state index contributed by atoms with van der Waals surface area (Å²) in [6.07, 6.45) is 1.21. The fourth-order valence-electron chi connectivity index (χ4n) is 1.66. The van der Waals surface area contributed by atoms with Crippen LogP contribution in [0, 0.1) is 0 Å². The Bertz CT molecular complexity index is 357. The molecule has 102 valence electrons. The molecule has 1 aromatic rings. The fraction of sp³-hybridized carbons (Fsp3) is 0.538. The zero-order valence-electron chi connectivity index (χ0n) is 10.9. The maximum Gasteiger partial charge on any atom is 0.215 e. The molecule has 0 spiro atoms. The average Bonchev–Trinajstić information content (AvgIpc) is 2.22. The van der Waals surface area contributed by atoms with Gasteiger partial charge in [0.1, 0.15) is 0 Å². The van der Waals surface area contributed by atoms with Gasteiger partial charge in [0.25, 0.3) is 0 Å². The molecule has 0 fully saturated rings. The molecule has 1 unspecified atom stereocenters. The highest BCUT2D eigenvalue weighted by Crippen LogP contribution is 2.36. The van der Waals surface area contributed by atoms with Gasteiger partial charge in [-0.25, -0.2) is 0 Å². The molecule has 0 aliphatic heterocycles. The lowest BCUT2D eigenvalue weighted by Gasteiger charge is -2.31. The number of hydrogen-bond donors (Lipinski definition) is 0. The maximum absolute atomic E-state index is 6.00. The first-order valence-electron chi connectivity index (χ1n) is 5.97. The van der Waals surface area contributed by atoms with Crippen molar-refractivity contribution in [2.45, 2.75) is 42.4 Å². The quantitative estimate of drug-likeness (QED) is 0.533. The van der Waals surface area contributed by atoms with E-state index < -0.39 is 12.1 Å². The van der Waals surface area contributed by atoms with Crippen LogP contribution >= 0.6 is 34.8 Å². The normalized spacial score (nSPS) is 14.6. The second-order valence-electron chi connectivity index (χ2n) is 5.28. The molecule has 0 heterocycles. The molecule has 0 bridgehead atoms. The van der Waals surface area contributed by atoms with Crippen molar-refractivity contribution in [1.29, 1.82) is 0 Å². The molecule has 0 aromatic heterocycles. The predicted molar refractivity (Wildman–Crippen MR) is 83.3 cm³/mol. The minimum Gasteiger partial charge on any atom is -0.410 e. The second kappa shape index (κ2) is 6.62. The number of rotatable bonds is 5. The van der Waals surface area contributed by atoms with Crippen molar-refractivity contribution in [2.24, 2.45) is 0 Å². The van der Waals surface area contributed by atoms with E-state index >= 15 is 0 Å². The number of hydrogen-bond acceptors (Lipinski definition) is 1. The molecule has 5 heteroatoms. The van der Waals surface area contributed by atoms with Gasteiger partial charge in [0, 0.05) is 0 Å². The third-order valence-corrected chi connectivity index (χ3v) is 4.12. The monoisotopic (exact) mass is 324 g/mol. The molecule has 0 amide bonds. The maximum atomic E-state index is 6.00. The van der Waals surface area contributed by atoms with Crippen LogP contribution < -0.4 is 0 Å². The fourth-order valence-corrected chi connectivity index (χ4v) is 3.49. The van der Waals surface area contributed by atoms with Gasteiger partial charge in [-0.2, -0.15) is 0 Å². The molecule has 0 radical (unpaired) electrons. The van der Waals surface area contributed by atoms with Crippen LogP contribution in [0.4, 0.5) is 0 Å². The summed E-state index contributed by atoms with van der Waals surface area (Å²) in [6, 6.07) is 10.2. The first-order chi connectivity index (χ1) is 8.18. The summed E-state index contributed by atoms with van der Waals surface area (Å²) >= 11 is 18.0. The van der Waals surface area contributed by atoms with Crippen LogP contribution in [0.25, 0.3) is 0 Å². The van der Waals surface area contributed by atoms with E-state index in [1.54, 1.807) is 0 Å². The highest BCUT2D eigenvalue weighted by atomic mass is 35.6. The number of benzene rings is 1. The van der Waals surface area contributed by atoms with E-state index in [1.165, 1.54) is 5.56 Å². The molecule has 0 aliphatic rings. The third kappa shape index (κ3) is 6.44. The highest BCUT2D eigenvalue weighted by molar-refractivity contribution is 6.71. The van der Waals surface area contributed by atoms with E-state index in [4.69, 9.17) is 39.2 Å². The average molecular weight is 326 g/mol. The van der Waals surface area contributed by atoms with Crippen LogP contribution in [0.1, 0.15) is 12.0 Å². The SMILES string of the molecule is C[Si](C)(C)OC(CCc1ccccc1)C(Cl)(Cl)Cl. The second-order valence-corrected chi connectivity index (χ2v) is 12.1. The van der Waals surface area contributed by atoms with E-state index in [1.807, 2.05) is 18.2 Å². The molecule has 18 heavy (non-hydrogen) atoms. The molecule has 1 nitrogen and oxygen atoms in total. The summed E-state index contributed by atoms with van der Waals surface area (Å²) in [5.41, 5.74) is 1.23. The van der Waals surface area contributed by atoms with Gasteiger partial charge in [-0.15, -0.1) is 0 Å². The van der Waals surface area contributed by atoms with Crippen molar-refractivity contribution in [2.75, 3.05) is 0 Å². The lowest BCUT2D eigenvalue weighted by molar-refractivity contribution is 0.188. The topological polar surface area (TPSA) is 9.23 Å². The Balaban J connectivity index is 2.63. The van der Waals surface area contributed by atoms with E-state index in [9.17, 15) is 0 Å². The van der Waals surface area contributed by atoms with Gasteiger partial charge in [-0.05, 0) is 38.0 Å². The van der Waals surface area contributed by atoms with Gasteiger partial charge >= 0.3 is 0 Å². The lowest BCUT2D eigenvalue weighted by Crippen LogP contribution is -2.39. The molecule has 1 aromatic carbocycles. The predicted octanol–water partition coefficient (Wildman–Crippen LogP) is 5.21. The Morgan fingerprint density at radius 1 is 1.11 bits per heavy atom. The van der Waals surface area contributed by atoms with Gasteiger partial charge in [0.2, 0.25) is 3.79 Å². The molecule has 0 aliphatic carbocycles. The smallest absolute Gasteiger partial charge is 0.215 e. The number of halogens is 3. The molecule has 0 saturated carbocycles. The van der Waals surface area contributed by atoms with Gasteiger partial charge in [-0.1, -0.05) is 65.1 Å². The Hall–Kier alpha value is 0.267. The first-order valence-corrected chi connectivity index (χ1v) is 10.5. The third-order valence-electron chi connectivity index (χ3n) is 2.40. The van der Waals surface area contributed by atoms with E-state index in [-0.39, 0.29) is 6.10 Å². The van der Waals surface area contributed by atoms with Gasteiger partial charge in [0.15, 0.2) is 8.32 Å². The van der Waals surface area contributed by atoms with Crippen molar-refractivity contribution < 1.29 is 4.43 Å². The van der Waals surface area contributed by atoms with Gasteiger partial charge in [-0.3, -0.25) is 0 Å². The molecular formula is C13H19Cl3OSi. The summed E-state index contributed by atoms with van der Waals surface area (Å²) in [5.74, 6) is 0. The van der Waals surface area contributed by atoms with Crippen LogP contribution in [0.15, 0.2) is 30.3 Å². The van der Waals surface area contributed by atoms with Crippen LogP contribution in [-0.4, -0.2) is 18.2 Å².